The van der Waals surface area contributed by atoms with Crippen molar-refractivity contribution in [2.24, 2.45) is 0 Å². The predicted octanol–water partition coefficient (Wildman–Crippen LogP) is 3.32. The number of carbonyl (C=O) groups excluding carboxylic acids is 1. The van der Waals surface area contributed by atoms with Gasteiger partial charge in [-0.3, -0.25) is 19.1 Å². The van der Waals surface area contributed by atoms with E-state index < -0.39 is 17.8 Å². The molecule has 3 aromatic heterocycles. The number of alkyl halides is 3. The molecule has 0 saturated carbocycles. The van der Waals surface area contributed by atoms with Gasteiger partial charge in [-0.25, -0.2) is 4.98 Å². The van der Waals surface area contributed by atoms with Crippen molar-refractivity contribution < 1.29 is 22.7 Å². The second-order valence-electron chi connectivity index (χ2n) is 9.37. The van der Waals surface area contributed by atoms with Gasteiger partial charge in [0.2, 0.25) is 0 Å². The van der Waals surface area contributed by atoms with Crippen LogP contribution in [0.1, 0.15) is 57.5 Å². The summed E-state index contributed by atoms with van der Waals surface area (Å²) in [6, 6.07) is 3.43. The molecule has 1 amide bonds. The van der Waals surface area contributed by atoms with Crippen molar-refractivity contribution in [2.75, 3.05) is 19.8 Å². The second kappa shape index (κ2) is 8.19. The van der Waals surface area contributed by atoms with Crippen LogP contribution in [-0.2, 0) is 23.9 Å². The zero-order chi connectivity index (χ0) is 25.2. The van der Waals surface area contributed by atoms with E-state index in [1.54, 1.807) is 19.2 Å². The third-order valence-electron chi connectivity index (χ3n) is 7.16. The highest BCUT2D eigenvalue weighted by Gasteiger charge is 2.40. The predicted molar refractivity (Wildman–Crippen MR) is 123 cm³/mol. The first-order valence-corrected chi connectivity index (χ1v) is 11.8. The molecule has 2 aliphatic heterocycles. The number of imidazole rings is 1. The van der Waals surface area contributed by atoms with E-state index >= 15 is 0 Å². The first-order chi connectivity index (χ1) is 17.2. The number of hydrogen-bond acceptors (Lipinski definition) is 5. The zero-order valence-electron chi connectivity index (χ0n) is 19.4. The number of aromatic amines is 2. The smallest absolute Gasteiger partial charge is 0.381 e. The van der Waals surface area contributed by atoms with Gasteiger partial charge in [0.25, 0.3) is 11.5 Å². The molecule has 0 atom stereocenters. The number of nitrogens with zero attached hydrogens (tertiary/aromatic N) is 4. The first kappa shape index (κ1) is 22.8. The van der Waals surface area contributed by atoms with Crippen molar-refractivity contribution in [3.05, 3.63) is 62.6 Å². The lowest BCUT2D eigenvalue weighted by Crippen LogP contribution is -2.37. The molecular formula is C24H23F3N6O3. The van der Waals surface area contributed by atoms with Gasteiger partial charge in [0.05, 0.1) is 17.2 Å². The van der Waals surface area contributed by atoms with E-state index in [2.05, 4.69) is 20.2 Å². The highest BCUT2D eigenvalue weighted by molar-refractivity contribution is 5.99. The highest BCUT2D eigenvalue weighted by atomic mass is 19.4. The SMILES string of the molecule is Cc1cc2c(cc1C(=O)N1CCc3[nH]nc(C(F)(F)F)c3C1)[nH]c(=O)c1cnc(C3CCOCC3)n12. The summed E-state index contributed by atoms with van der Waals surface area (Å²) in [6.45, 7) is 3.10. The number of carbonyl (C=O) groups is 1. The molecule has 5 heterocycles. The number of fused-ring (bicyclic) bond motifs is 4. The number of rotatable bonds is 2. The molecule has 0 aliphatic carbocycles. The number of aryl methyl sites for hydroxylation is 1. The van der Waals surface area contributed by atoms with E-state index in [0.717, 1.165) is 18.7 Å². The summed E-state index contributed by atoms with van der Waals surface area (Å²) in [5, 5.41) is 5.89. The monoisotopic (exact) mass is 500 g/mol. The lowest BCUT2D eigenvalue weighted by atomic mass is 9.99. The molecule has 1 fully saturated rings. The molecule has 12 heteroatoms. The fourth-order valence-corrected chi connectivity index (χ4v) is 5.29. The number of amides is 1. The Balaban J connectivity index is 1.40. The van der Waals surface area contributed by atoms with Gasteiger partial charge in [-0.15, -0.1) is 0 Å². The lowest BCUT2D eigenvalue weighted by Gasteiger charge is -2.28. The van der Waals surface area contributed by atoms with Gasteiger partial charge in [0.1, 0.15) is 11.3 Å². The standard InChI is InChI=1S/C24H23F3N6O3/c1-12-8-18-17(29-22(34)19-10-28-21(33(18)19)13-3-6-36-7-4-13)9-14(12)23(35)32-5-2-16-15(11-32)20(31-30-16)24(25,26)27/h8-10,13H,2-7,11H2,1H3,(H,29,34)(H,30,31). The average Bonchev–Trinajstić information content (AvgIpc) is 3.49. The number of ether oxygens (including phenoxy) is 1. The van der Waals surface area contributed by atoms with E-state index in [-0.39, 0.29) is 36.6 Å². The quantitative estimate of drug-likeness (QED) is 0.439. The fraction of sp³-hybridized carbons (Fsp3) is 0.417. The Kier molecular flexibility index (Phi) is 5.18. The third kappa shape index (κ3) is 3.58. The molecule has 9 nitrogen and oxygen atoms in total. The number of nitrogens with one attached hydrogen (secondary N) is 2. The highest BCUT2D eigenvalue weighted by Crippen LogP contribution is 2.35. The summed E-state index contributed by atoms with van der Waals surface area (Å²) < 4.78 is 47.4. The van der Waals surface area contributed by atoms with Crippen molar-refractivity contribution in [1.82, 2.24) is 29.5 Å². The van der Waals surface area contributed by atoms with Crippen molar-refractivity contribution in [2.45, 2.75) is 44.8 Å². The van der Waals surface area contributed by atoms with Crippen LogP contribution in [-0.4, -0.2) is 55.1 Å². The number of benzene rings is 1. The number of H-pyrrole nitrogens is 2. The van der Waals surface area contributed by atoms with Crippen molar-refractivity contribution in [3.8, 4) is 0 Å². The largest absolute Gasteiger partial charge is 0.435 e. The Bertz CT molecular complexity index is 1560. The van der Waals surface area contributed by atoms with Crippen LogP contribution in [0.2, 0.25) is 0 Å². The molecule has 6 rings (SSSR count). The van der Waals surface area contributed by atoms with E-state index in [1.165, 1.54) is 4.90 Å². The molecule has 1 aromatic carbocycles. The van der Waals surface area contributed by atoms with Crippen molar-refractivity contribution >= 4 is 22.5 Å². The molecule has 2 N–H and O–H groups in total. The Morgan fingerprint density at radius 2 is 1.97 bits per heavy atom. The maximum atomic E-state index is 13.5. The Morgan fingerprint density at radius 1 is 1.19 bits per heavy atom. The van der Waals surface area contributed by atoms with Crippen molar-refractivity contribution in [1.29, 1.82) is 0 Å². The number of hydrogen-bond donors (Lipinski definition) is 2. The molecule has 36 heavy (non-hydrogen) atoms. The van der Waals surface area contributed by atoms with Crippen molar-refractivity contribution in [3.63, 3.8) is 0 Å². The van der Waals surface area contributed by atoms with E-state index in [1.807, 2.05) is 10.5 Å². The Morgan fingerprint density at radius 3 is 2.72 bits per heavy atom. The minimum atomic E-state index is -4.60. The average molecular weight is 500 g/mol. The normalized spacial score (nSPS) is 17.2. The van der Waals surface area contributed by atoms with Crippen LogP contribution in [0.25, 0.3) is 16.6 Å². The molecule has 0 radical (unpaired) electrons. The third-order valence-corrected chi connectivity index (χ3v) is 7.16. The molecule has 0 spiro atoms. The van der Waals surface area contributed by atoms with Crippen LogP contribution in [0.15, 0.2) is 23.1 Å². The lowest BCUT2D eigenvalue weighted by molar-refractivity contribution is -0.142. The van der Waals surface area contributed by atoms with Crippen LogP contribution in [0.5, 0.6) is 0 Å². The molecule has 2 aliphatic rings. The summed E-state index contributed by atoms with van der Waals surface area (Å²) >= 11 is 0. The topological polar surface area (TPSA) is 108 Å². The fourth-order valence-electron chi connectivity index (χ4n) is 5.29. The minimum absolute atomic E-state index is 0.00447. The number of aromatic nitrogens is 5. The summed E-state index contributed by atoms with van der Waals surface area (Å²) in [4.78, 5) is 35.1. The van der Waals surface area contributed by atoms with Gasteiger partial charge in [-0.1, -0.05) is 0 Å². The maximum Gasteiger partial charge on any atom is 0.435 e. The summed E-state index contributed by atoms with van der Waals surface area (Å²) in [5.41, 5.74) is 1.66. The Labute approximate surface area is 202 Å². The van der Waals surface area contributed by atoms with Crippen LogP contribution in [0, 0.1) is 6.92 Å². The number of halogens is 3. The summed E-state index contributed by atoms with van der Waals surface area (Å²) in [6.07, 6.45) is -1.20. The van der Waals surface area contributed by atoms with Gasteiger partial charge in [0, 0.05) is 55.5 Å². The molecule has 0 unspecified atom stereocenters. The van der Waals surface area contributed by atoms with E-state index in [4.69, 9.17) is 4.74 Å². The van der Waals surface area contributed by atoms with Gasteiger partial charge >= 0.3 is 6.18 Å². The second-order valence-corrected chi connectivity index (χ2v) is 9.37. The van der Waals surface area contributed by atoms with E-state index in [9.17, 15) is 22.8 Å². The van der Waals surface area contributed by atoms with Gasteiger partial charge < -0.3 is 14.6 Å². The molecule has 4 aromatic rings. The molecule has 0 bridgehead atoms. The summed E-state index contributed by atoms with van der Waals surface area (Å²) in [5.74, 6) is 0.532. The van der Waals surface area contributed by atoms with Gasteiger partial charge in [-0.2, -0.15) is 18.3 Å². The maximum absolute atomic E-state index is 13.5. The van der Waals surface area contributed by atoms with Gasteiger partial charge in [0.15, 0.2) is 5.69 Å². The van der Waals surface area contributed by atoms with Crippen LogP contribution >= 0.6 is 0 Å². The summed E-state index contributed by atoms with van der Waals surface area (Å²) in [7, 11) is 0. The van der Waals surface area contributed by atoms with Gasteiger partial charge in [-0.05, 0) is 37.5 Å². The first-order valence-electron chi connectivity index (χ1n) is 11.8. The zero-order valence-corrected chi connectivity index (χ0v) is 19.4. The molecular weight excluding hydrogens is 477 g/mol. The van der Waals surface area contributed by atoms with Crippen LogP contribution in [0.3, 0.4) is 0 Å². The minimum Gasteiger partial charge on any atom is -0.381 e. The van der Waals surface area contributed by atoms with Crippen LogP contribution in [0.4, 0.5) is 13.2 Å². The van der Waals surface area contributed by atoms with Crippen LogP contribution < -0.4 is 5.56 Å². The molecule has 1 saturated heterocycles. The Hall–Kier alpha value is -3.67. The molecule has 188 valence electrons. The van der Waals surface area contributed by atoms with E-state index in [0.29, 0.717) is 46.6 Å².